The Kier molecular flexibility index (Phi) is 5.42. The molecular formula is C20H18F2N4O5. The Hall–Kier alpha value is -3.73. The van der Waals surface area contributed by atoms with Gasteiger partial charge in [0, 0.05) is 31.3 Å². The molecule has 31 heavy (non-hydrogen) atoms. The Labute approximate surface area is 174 Å². The number of nitrogens with one attached hydrogen (secondary N) is 1. The lowest BCUT2D eigenvalue weighted by atomic mass is 10.1. The fraction of sp³-hybridized carbons (Fsp3) is 0.250. The molecule has 0 saturated carbocycles. The molecule has 3 heterocycles. The molecule has 3 aromatic rings. The number of anilines is 1. The second-order valence-electron chi connectivity index (χ2n) is 6.90. The van der Waals surface area contributed by atoms with Crippen molar-refractivity contribution in [2.45, 2.75) is 6.54 Å². The van der Waals surface area contributed by atoms with Gasteiger partial charge >= 0.3 is 5.56 Å². The highest BCUT2D eigenvalue weighted by molar-refractivity contribution is 6.01. The van der Waals surface area contributed by atoms with E-state index in [4.69, 9.17) is 4.74 Å². The van der Waals surface area contributed by atoms with Crippen LogP contribution in [0.1, 0.15) is 15.9 Å². The van der Waals surface area contributed by atoms with Crippen molar-refractivity contribution in [3.63, 3.8) is 0 Å². The molecule has 0 spiro atoms. The second kappa shape index (κ2) is 8.19. The molecule has 0 bridgehead atoms. The van der Waals surface area contributed by atoms with Crippen LogP contribution in [0.3, 0.4) is 0 Å². The van der Waals surface area contributed by atoms with E-state index in [0.29, 0.717) is 38.2 Å². The van der Waals surface area contributed by atoms with Crippen LogP contribution in [0.4, 0.5) is 14.6 Å². The van der Waals surface area contributed by atoms with E-state index in [1.807, 2.05) is 4.90 Å². The zero-order valence-electron chi connectivity index (χ0n) is 16.1. The van der Waals surface area contributed by atoms with E-state index >= 15 is 0 Å². The van der Waals surface area contributed by atoms with E-state index in [0.717, 1.165) is 12.1 Å². The number of halogens is 2. The van der Waals surface area contributed by atoms with Crippen LogP contribution in [0.25, 0.3) is 11.0 Å². The topological polar surface area (TPSA) is 117 Å². The summed E-state index contributed by atoms with van der Waals surface area (Å²) in [6.45, 7) is 1.79. The van der Waals surface area contributed by atoms with Crippen molar-refractivity contribution in [3.05, 3.63) is 63.4 Å². The normalized spacial score (nSPS) is 14.1. The third kappa shape index (κ3) is 3.87. The first-order valence-electron chi connectivity index (χ1n) is 9.39. The van der Waals surface area contributed by atoms with Crippen LogP contribution >= 0.6 is 0 Å². The van der Waals surface area contributed by atoms with Crippen LogP contribution < -0.4 is 15.8 Å². The molecule has 4 rings (SSSR count). The Bertz CT molecular complexity index is 1220. The maximum Gasteiger partial charge on any atom is 0.301 e. The Morgan fingerprint density at radius 3 is 2.65 bits per heavy atom. The fourth-order valence-electron chi connectivity index (χ4n) is 3.32. The summed E-state index contributed by atoms with van der Waals surface area (Å²) in [5.74, 6) is -2.87. The summed E-state index contributed by atoms with van der Waals surface area (Å²) in [6.07, 6.45) is 0. The molecule has 2 aromatic heterocycles. The van der Waals surface area contributed by atoms with Gasteiger partial charge in [-0.25, -0.2) is 13.8 Å². The van der Waals surface area contributed by atoms with E-state index in [1.165, 1.54) is 6.07 Å². The van der Waals surface area contributed by atoms with E-state index < -0.39 is 34.4 Å². The third-order valence-electron chi connectivity index (χ3n) is 4.98. The summed E-state index contributed by atoms with van der Waals surface area (Å²) in [5.41, 5.74) is -2.14. The number of pyridine rings is 2. The Morgan fingerprint density at radius 2 is 1.94 bits per heavy atom. The summed E-state index contributed by atoms with van der Waals surface area (Å²) in [6, 6.07) is 5.86. The van der Waals surface area contributed by atoms with E-state index in [-0.39, 0.29) is 27.9 Å². The van der Waals surface area contributed by atoms with Crippen molar-refractivity contribution in [1.29, 1.82) is 0 Å². The minimum Gasteiger partial charge on any atom is -0.506 e. The number of hydrogen-bond donors (Lipinski definition) is 3. The summed E-state index contributed by atoms with van der Waals surface area (Å²) in [7, 11) is 0. The molecule has 1 aromatic carbocycles. The summed E-state index contributed by atoms with van der Waals surface area (Å²) in [4.78, 5) is 31.2. The standard InChI is InChI=1S/C20H18F2N4O5/c21-12-2-1-11(14(22)9-12)10-23-19(28)16-17(27)13-3-4-15(25-5-7-31-8-6-25)24-18(13)26(30)20(16)29/h1-4,9,27,30H,5-8,10H2,(H,23,28). The number of hydrogen-bond acceptors (Lipinski definition) is 7. The molecule has 11 heteroatoms. The molecule has 1 aliphatic heterocycles. The van der Waals surface area contributed by atoms with Crippen LogP contribution in [0.2, 0.25) is 0 Å². The van der Waals surface area contributed by atoms with Crippen molar-refractivity contribution in [1.82, 2.24) is 15.0 Å². The number of aromatic nitrogens is 2. The van der Waals surface area contributed by atoms with E-state index in [2.05, 4.69) is 10.3 Å². The number of rotatable bonds is 4. The molecule has 3 N–H and O–H groups in total. The van der Waals surface area contributed by atoms with Crippen LogP contribution in [-0.2, 0) is 11.3 Å². The van der Waals surface area contributed by atoms with E-state index in [1.54, 1.807) is 6.07 Å². The van der Waals surface area contributed by atoms with Gasteiger partial charge in [-0.15, -0.1) is 4.73 Å². The van der Waals surface area contributed by atoms with Gasteiger partial charge in [0.25, 0.3) is 5.91 Å². The van der Waals surface area contributed by atoms with Gasteiger partial charge in [0.05, 0.1) is 18.6 Å². The van der Waals surface area contributed by atoms with Crippen LogP contribution in [0, 0.1) is 11.6 Å². The largest absolute Gasteiger partial charge is 0.506 e. The molecule has 1 amide bonds. The Balaban J connectivity index is 1.66. The first-order valence-corrected chi connectivity index (χ1v) is 9.39. The number of nitrogens with zero attached hydrogens (tertiary/aromatic N) is 3. The third-order valence-corrected chi connectivity index (χ3v) is 4.98. The summed E-state index contributed by atoms with van der Waals surface area (Å²) >= 11 is 0. The first-order chi connectivity index (χ1) is 14.9. The highest BCUT2D eigenvalue weighted by Crippen LogP contribution is 2.27. The Morgan fingerprint density at radius 1 is 1.19 bits per heavy atom. The second-order valence-corrected chi connectivity index (χ2v) is 6.90. The summed E-state index contributed by atoms with van der Waals surface area (Å²) in [5, 5.41) is 23.1. The van der Waals surface area contributed by atoms with Gasteiger partial charge in [-0.2, -0.15) is 0 Å². The average molecular weight is 432 g/mol. The number of morpholine rings is 1. The highest BCUT2D eigenvalue weighted by atomic mass is 19.1. The lowest BCUT2D eigenvalue weighted by Gasteiger charge is -2.28. The van der Waals surface area contributed by atoms with Crippen molar-refractivity contribution >= 4 is 22.8 Å². The lowest BCUT2D eigenvalue weighted by Crippen LogP contribution is -2.37. The SMILES string of the molecule is O=C(NCc1ccc(F)cc1F)c1c(O)c2ccc(N3CCOCC3)nc2n(O)c1=O. The van der Waals surface area contributed by atoms with Crippen LogP contribution in [0.5, 0.6) is 5.75 Å². The van der Waals surface area contributed by atoms with Crippen molar-refractivity contribution in [3.8, 4) is 5.75 Å². The number of benzene rings is 1. The number of fused-ring (bicyclic) bond motifs is 1. The van der Waals surface area contributed by atoms with Crippen LogP contribution in [0.15, 0.2) is 35.1 Å². The minimum atomic E-state index is -1.19. The average Bonchev–Trinajstić information content (AvgIpc) is 2.77. The van der Waals surface area contributed by atoms with Crippen molar-refractivity contribution in [2.75, 3.05) is 31.2 Å². The molecule has 9 nitrogen and oxygen atoms in total. The fourth-order valence-corrected chi connectivity index (χ4v) is 3.32. The predicted octanol–water partition coefficient (Wildman–Crippen LogP) is 1.38. The highest BCUT2D eigenvalue weighted by Gasteiger charge is 2.24. The number of aromatic hydroxyl groups is 1. The molecular weight excluding hydrogens is 414 g/mol. The zero-order chi connectivity index (χ0) is 22.1. The van der Waals surface area contributed by atoms with Gasteiger partial charge in [0.2, 0.25) is 0 Å². The number of ether oxygens (including phenoxy) is 1. The molecule has 0 radical (unpaired) electrons. The molecule has 1 saturated heterocycles. The van der Waals surface area contributed by atoms with Gasteiger partial charge in [0.1, 0.15) is 23.2 Å². The van der Waals surface area contributed by atoms with Crippen molar-refractivity contribution < 1.29 is 28.6 Å². The monoisotopic (exact) mass is 432 g/mol. The first kappa shape index (κ1) is 20.5. The minimum absolute atomic E-state index is 0.0165. The van der Waals surface area contributed by atoms with Gasteiger partial charge in [-0.1, -0.05) is 6.07 Å². The molecule has 0 unspecified atom stereocenters. The summed E-state index contributed by atoms with van der Waals surface area (Å²) < 4.78 is 32.2. The lowest BCUT2D eigenvalue weighted by molar-refractivity contribution is 0.0940. The zero-order valence-corrected chi connectivity index (χ0v) is 16.1. The van der Waals surface area contributed by atoms with E-state index in [9.17, 15) is 28.7 Å². The van der Waals surface area contributed by atoms with Gasteiger partial charge < -0.3 is 25.3 Å². The van der Waals surface area contributed by atoms with Gasteiger partial charge in [-0.3, -0.25) is 9.59 Å². The predicted molar refractivity (Wildman–Crippen MR) is 105 cm³/mol. The van der Waals surface area contributed by atoms with Crippen molar-refractivity contribution in [2.24, 2.45) is 0 Å². The van der Waals surface area contributed by atoms with Gasteiger partial charge in [0.15, 0.2) is 11.2 Å². The maximum absolute atomic E-state index is 13.8. The molecule has 1 aliphatic rings. The van der Waals surface area contributed by atoms with Crippen LogP contribution in [-0.4, -0.2) is 52.2 Å². The number of carbonyl (C=O) groups excluding carboxylic acids is 1. The molecule has 0 atom stereocenters. The number of amides is 1. The number of carbonyl (C=O) groups is 1. The molecule has 162 valence electrons. The smallest absolute Gasteiger partial charge is 0.301 e. The maximum atomic E-state index is 13.8. The molecule has 1 fully saturated rings. The molecule has 0 aliphatic carbocycles. The van der Waals surface area contributed by atoms with Gasteiger partial charge in [-0.05, 0) is 18.2 Å². The quantitative estimate of drug-likeness (QED) is 0.534.